The Morgan fingerprint density at radius 1 is 1.33 bits per heavy atom. The average Bonchev–Trinajstić information content (AvgIpc) is 3.38. The highest BCUT2D eigenvalue weighted by atomic mass is 19.1. The van der Waals surface area contributed by atoms with Gasteiger partial charge in [0, 0.05) is 12.8 Å². The first-order chi connectivity index (χ1) is 13.2. The number of anilines is 1. The van der Waals surface area contributed by atoms with Gasteiger partial charge < -0.3 is 10.1 Å². The molecule has 1 atom stereocenters. The van der Waals surface area contributed by atoms with Crippen LogP contribution in [-0.4, -0.2) is 43.4 Å². The number of amides is 1. The zero-order chi connectivity index (χ0) is 18.6. The van der Waals surface area contributed by atoms with Crippen LogP contribution in [0.2, 0.25) is 0 Å². The van der Waals surface area contributed by atoms with Crippen LogP contribution in [0.5, 0.6) is 0 Å². The quantitative estimate of drug-likeness (QED) is 0.718. The Kier molecular flexibility index (Phi) is 4.93. The van der Waals surface area contributed by atoms with Gasteiger partial charge in [0.15, 0.2) is 5.69 Å². The van der Waals surface area contributed by atoms with Crippen molar-refractivity contribution in [2.75, 3.05) is 11.9 Å². The molecule has 1 aromatic carbocycles. The number of hydrogen-bond acceptors (Lipinski definition) is 5. The molecule has 3 heterocycles. The Morgan fingerprint density at radius 2 is 2.26 bits per heavy atom. The predicted octanol–water partition coefficient (Wildman–Crippen LogP) is 2.09. The summed E-state index contributed by atoms with van der Waals surface area (Å²) in [5.41, 5.74) is 1.50. The summed E-state index contributed by atoms with van der Waals surface area (Å²) in [4.78, 5) is 12.3. The van der Waals surface area contributed by atoms with Gasteiger partial charge in [-0.25, -0.2) is 9.07 Å². The average molecular weight is 370 g/mol. The van der Waals surface area contributed by atoms with Crippen molar-refractivity contribution in [2.24, 2.45) is 0 Å². The number of hydrogen-bond donors (Lipinski definition) is 1. The number of carbonyl (C=O) groups excluding carboxylic acids is 1. The lowest BCUT2D eigenvalue weighted by Gasteiger charge is -2.08. The fraction of sp³-hybridized carbons (Fsp3) is 0.333. The van der Waals surface area contributed by atoms with Crippen LogP contribution < -0.4 is 5.32 Å². The van der Waals surface area contributed by atoms with Crippen molar-refractivity contribution in [1.29, 1.82) is 0 Å². The van der Waals surface area contributed by atoms with E-state index in [0.29, 0.717) is 18.8 Å². The van der Waals surface area contributed by atoms with Gasteiger partial charge in [-0.05, 0) is 30.5 Å². The molecule has 0 radical (unpaired) electrons. The maximum absolute atomic E-state index is 13.3. The van der Waals surface area contributed by atoms with E-state index in [0.717, 1.165) is 25.0 Å². The van der Waals surface area contributed by atoms with Crippen LogP contribution in [0.4, 0.5) is 10.1 Å². The molecule has 1 aliphatic heterocycles. The lowest BCUT2D eigenvalue weighted by atomic mass is 10.2. The SMILES string of the molecule is O=C(Nc1cnn(CC2CCCO2)c1)c1cn(Cc2cccc(F)c2)nn1. The molecule has 1 aliphatic rings. The van der Waals surface area contributed by atoms with Crippen LogP contribution in [0.15, 0.2) is 42.9 Å². The van der Waals surface area contributed by atoms with Gasteiger partial charge >= 0.3 is 0 Å². The first kappa shape index (κ1) is 17.3. The Balaban J connectivity index is 1.36. The van der Waals surface area contributed by atoms with Gasteiger partial charge in [0.25, 0.3) is 5.91 Å². The van der Waals surface area contributed by atoms with E-state index >= 15 is 0 Å². The molecule has 0 aliphatic carbocycles. The molecule has 1 amide bonds. The van der Waals surface area contributed by atoms with Gasteiger partial charge in [-0.2, -0.15) is 5.10 Å². The molecule has 1 saturated heterocycles. The van der Waals surface area contributed by atoms with Crippen molar-refractivity contribution in [3.63, 3.8) is 0 Å². The molecule has 1 N–H and O–H groups in total. The number of benzene rings is 1. The molecule has 1 unspecified atom stereocenters. The van der Waals surface area contributed by atoms with Gasteiger partial charge in [-0.1, -0.05) is 17.3 Å². The molecule has 140 valence electrons. The first-order valence-electron chi connectivity index (χ1n) is 8.76. The number of rotatable bonds is 6. The lowest BCUT2D eigenvalue weighted by molar-refractivity contribution is 0.0940. The number of carbonyl (C=O) groups is 1. The molecular weight excluding hydrogens is 351 g/mol. The molecule has 8 nitrogen and oxygen atoms in total. The lowest BCUT2D eigenvalue weighted by Crippen LogP contribution is -2.15. The number of nitrogens with one attached hydrogen (secondary N) is 1. The van der Waals surface area contributed by atoms with E-state index in [2.05, 4.69) is 20.7 Å². The molecule has 9 heteroatoms. The summed E-state index contributed by atoms with van der Waals surface area (Å²) in [6.07, 6.45) is 7.14. The van der Waals surface area contributed by atoms with E-state index in [1.165, 1.54) is 23.0 Å². The Bertz CT molecular complexity index is 931. The van der Waals surface area contributed by atoms with Crippen molar-refractivity contribution in [3.8, 4) is 0 Å². The highest BCUT2D eigenvalue weighted by Gasteiger charge is 2.17. The van der Waals surface area contributed by atoms with Crippen molar-refractivity contribution < 1.29 is 13.9 Å². The number of halogens is 1. The maximum Gasteiger partial charge on any atom is 0.277 e. The molecule has 1 fully saturated rings. The second-order valence-corrected chi connectivity index (χ2v) is 6.47. The Labute approximate surface area is 154 Å². The third-order valence-corrected chi connectivity index (χ3v) is 4.31. The van der Waals surface area contributed by atoms with Crippen molar-refractivity contribution in [1.82, 2.24) is 24.8 Å². The van der Waals surface area contributed by atoms with E-state index in [4.69, 9.17) is 4.74 Å². The molecule has 4 rings (SSSR count). The number of ether oxygens (including phenoxy) is 1. The highest BCUT2D eigenvalue weighted by Crippen LogP contribution is 2.15. The summed E-state index contributed by atoms with van der Waals surface area (Å²) in [5, 5.41) is 14.8. The predicted molar refractivity (Wildman–Crippen MR) is 94.7 cm³/mol. The minimum Gasteiger partial charge on any atom is -0.376 e. The smallest absolute Gasteiger partial charge is 0.277 e. The number of aromatic nitrogens is 5. The summed E-state index contributed by atoms with van der Waals surface area (Å²) in [5.74, 6) is -0.692. The van der Waals surface area contributed by atoms with Gasteiger partial charge in [-0.15, -0.1) is 5.10 Å². The van der Waals surface area contributed by atoms with Crippen molar-refractivity contribution in [2.45, 2.75) is 32.0 Å². The van der Waals surface area contributed by atoms with Gasteiger partial charge in [0.2, 0.25) is 0 Å². The van der Waals surface area contributed by atoms with Crippen LogP contribution in [0.1, 0.15) is 28.9 Å². The van der Waals surface area contributed by atoms with E-state index in [-0.39, 0.29) is 23.5 Å². The van der Waals surface area contributed by atoms with Crippen LogP contribution in [0, 0.1) is 5.82 Å². The number of nitrogens with zero attached hydrogens (tertiary/aromatic N) is 5. The summed E-state index contributed by atoms with van der Waals surface area (Å²) in [7, 11) is 0. The van der Waals surface area contributed by atoms with Gasteiger partial charge in [0.05, 0.1) is 37.3 Å². The van der Waals surface area contributed by atoms with Crippen molar-refractivity contribution >= 4 is 11.6 Å². The monoisotopic (exact) mass is 370 g/mol. The normalized spacial score (nSPS) is 16.6. The molecular formula is C18H19FN6O2. The summed E-state index contributed by atoms with van der Waals surface area (Å²) in [6.45, 7) is 1.79. The zero-order valence-electron chi connectivity index (χ0n) is 14.6. The van der Waals surface area contributed by atoms with Crippen LogP contribution in [0.3, 0.4) is 0 Å². The van der Waals surface area contributed by atoms with Gasteiger partial charge in [0.1, 0.15) is 5.82 Å². The summed E-state index contributed by atoms with van der Waals surface area (Å²) in [6, 6.07) is 6.21. The Hall–Kier alpha value is -3.07. The molecule has 0 saturated carbocycles. The first-order valence-corrected chi connectivity index (χ1v) is 8.76. The molecule has 0 spiro atoms. The van der Waals surface area contributed by atoms with Crippen LogP contribution in [0.25, 0.3) is 0 Å². The summed E-state index contributed by atoms with van der Waals surface area (Å²) >= 11 is 0. The minimum absolute atomic E-state index is 0.177. The third kappa shape index (κ3) is 4.37. The molecule has 2 aromatic heterocycles. The van der Waals surface area contributed by atoms with E-state index in [9.17, 15) is 9.18 Å². The standard InChI is InChI=1S/C18H19FN6O2/c19-14-4-1-3-13(7-14)9-25-12-17(22-23-25)18(26)21-15-8-20-24(10-15)11-16-5-2-6-27-16/h1,3-4,7-8,10,12,16H,2,5-6,9,11H2,(H,21,26). The van der Waals surface area contributed by atoms with Crippen LogP contribution >= 0.6 is 0 Å². The van der Waals surface area contributed by atoms with E-state index < -0.39 is 0 Å². The largest absolute Gasteiger partial charge is 0.376 e. The fourth-order valence-electron chi connectivity index (χ4n) is 3.02. The topological polar surface area (TPSA) is 86.9 Å². The van der Waals surface area contributed by atoms with Crippen molar-refractivity contribution in [3.05, 3.63) is 59.9 Å². The van der Waals surface area contributed by atoms with E-state index in [1.54, 1.807) is 29.2 Å². The molecule has 27 heavy (non-hydrogen) atoms. The summed E-state index contributed by atoms with van der Waals surface area (Å²) < 4.78 is 22.1. The fourth-order valence-corrected chi connectivity index (χ4v) is 3.02. The van der Waals surface area contributed by atoms with Gasteiger partial charge in [-0.3, -0.25) is 9.48 Å². The second kappa shape index (κ2) is 7.67. The van der Waals surface area contributed by atoms with Crippen LogP contribution in [-0.2, 0) is 17.8 Å². The maximum atomic E-state index is 13.3. The Morgan fingerprint density at radius 3 is 3.07 bits per heavy atom. The second-order valence-electron chi connectivity index (χ2n) is 6.47. The minimum atomic E-state index is -0.378. The zero-order valence-corrected chi connectivity index (χ0v) is 14.6. The highest BCUT2D eigenvalue weighted by molar-refractivity contribution is 6.02. The molecule has 0 bridgehead atoms. The third-order valence-electron chi connectivity index (χ3n) is 4.31. The van der Waals surface area contributed by atoms with E-state index in [1.807, 2.05) is 0 Å². The molecule has 3 aromatic rings.